The van der Waals surface area contributed by atoms with Crippen molar-refractivity contribution in [3.63, 3.8) is 0 Å². The van der Waals surface area contributed by atoms with Crippen molar-refractivity contribution >= 4 is 0 Å². The monoisotopic (exact) mass is 268 g/mol. The van der Waals surface area contributed by atoms with Crippen molar-refractivity contribution < 1.29 is 5.11 Å². The molecule has 0 unspecified atom stereocenters. The van der Waals surface area contributed by atoms with Gasteiger partial charge in [-0.3, -0.25) is 0 Å². The van der Waals surface area contributed by atoms with Crippen molar-refractivity contribution in [2.45, 2.75) is 33.3 Å². The molecule has 0 amide bonds. The Morgan fingerprint density at radius 2 is 1.25 bits per heavy atom. The quantitative estimate of drug-likeness (QED) is 0.840. The van der Waals surface area contributed by atoms with Crippen LogP contribution in [0.1, 0.15) is 33.3 Å². The smallest absolute Gasteiger partial charge is 0.0947 e. The number of hydrogen-bond donors (Lipinski definition) is 1. The van der Waals surface area contributed by atoms with E-state index < -0.39 is 5.60 Å². The molecule has 0 spiro atoms. The fourth-order valence-electron chi connectivity index (χ4n) is 2.99. The molecule has 0 aliphatic carbocycles. The van der Waals surface area contributed by atoms with E-state index >= 15 is 0 Å². The molecule has 1 N–H and O–H groups in total. The summed E-state index contributed by atoms with van der Waals surface area (Å²) in [7, 11) is 0. The molecule has 1 heteroatoms. The van der Waals surface area contributed by atoms with E-state index in [0.717, 1.165) is 16.7 Å². The average Bonchev–Trinajstić information content (AvgIpc) is 2.47. The van der Waals surface area contributed by atoms with Crippen molar-refractivity contribution in [1.82, 2.24) is 0 Å². The minimum atomic E-state index is -0.813. The van der Waals surface area contributed by atoms with Gasteiger partial charge in [-0.15, -0.1) is 0 Å². The second-order valence-electron chi connectivity index (χ2n) is 6.05. The molecule has 2 rings (SSSR count). The Labute approximate surface area is 122 Å². The zero-order valence-electron chi connectivity index (χ0n) is 12.8. The summed E-state index contributed by atoms with van der Waals surface area (Å²) in [5.74, 6) is 0.319. The van der Waals surface area contributed by atoms with Crippen LogP contribution in [0, 0.1) is 11.8 Å². The predicted molar refractivity (Wildman–Crippen MR) is 85.5 cm³/mol. The molecule has 0 atom stereocenters. The van der Waals surface area contributed by atoms with Gasteiger partial charge >= 0.3 is 0 Å². The van der Waals surface area contributed by atoms with E-state index in [1.54, 1.807) is 0 Å². The minimum absolute atomic E-state index is 0.160. The van der Waals surface area contributed by atoms with Gasteiger partial charge in [0.05, 0.1) is 5.60 Å². The highest BCUT2D eigenvalue weighted by Gasteiger charge is 2.38. The summed E-state index contributed by atoms with van der Waals surface area (Å²) in [5, 5.41) is 11.3. The van der Waals surface area contributed by atoms with Gasteiger partial charge in [-0.1, -0.05) is 82.3 Å². The summed E-state index contributed by atoms with van der Waals surface area (Å²) in [5.41, 5.74) is 2.49. The molecule has 0 bridgehead atoms. The molecule has 2 aromatic carbocycles. The lowest BCUT2D eigenvalue weighted by molar-refractivity contribution is -0.0526. The Kier molecular flexibility index (Phi) is 4.29. The van der Waals surface area contributed by atoms with Crippen LogP contribution in [-0.2, 0) is 5.60 Å². The second-order valence-corrected chi connectivity index (χ2v) is 6.05. The van der Waals surface area contributed by atoms with Gasteiger partial charge in [-0.2, -0.15) is 0 Å². The molecular formula is C19H24O. The molecule has 0 fully saturated rings. The Morgan fingerprint density at radius 3 is 1.80 bits per heavy atom. The molecule has 0 aliphatic rings. The van der Waals surface area contributed by atoms with E-state index in [-0.39, 0.29) is 11.8 Å². The summed E-state index contributed by atoms with van der Waals surface area (Å²) in [6.07, 6.45) is 0. The molecule has 20 heavy (non-hydrogen) atoms. The molecule has 0 saturated carbocycles. The highest BCUT2D eigenvalue weighted by atomic mass is 16.3. The number of hydrogen-bond acceptors (Lipinski definition) is 1. The lowest BCUT2D eigenvalue weighted by Gasteiger charge is -2.38. The third-order valence-electron chi connectivity index (χ3n) is 4.20. The van der Waals surface area contributed by atoms with Gasteiger partial charge in [-0.25, -0.2) is 0 Å². The molecule has 0 heterocycles. The highest BCUT2D eigenvalue weighted by molar-refractivity contribution is 5.68. The third kappa shape index (κ3) is 2.51. The first-order valence-corrected chi connectivity index (χ1v) is 7.35. The maximum atomic E-state index is 11.3. The first-order chi connectivity index (χ1) is 9.48. The van der Waals surface area contributed by atoms with Crippen LogP contribution >= 0.6 is 0 Å². The van der Waals surface area contributed by atoms with E-state index in [2.05, 4.69) is 52.0 Å². The van der Waals surface area contributed by atoms with Crippen molar-refractivity contribution in [2.24, 2.45) is 11.8 Å². The molecular weight excluding hydrogens is 244 g/mol. The van der Waals surface area contributed by atoms with Crippen LogP contribution in [0.25, 0.3) is 11.1 Å². The molecule has 0 aliphatic heterocycles. The molecule has 0 saturated heterocycles. The Bertz CT molecular complexity index is 547. The lowest BCUT2D eigenvalue weighted by atomic mass is 9.73. The molecule has 2 aromatic rings. The molecule has 0 radical (unpaired) electrons. The number of rotatable bonds is 4. The van der Waals surface area contributed by atoms with Crippen LogP contribution in [0.15, 0.2) is 54.6 Å². The molecule has 0 aromatic heterocycles. The van der Waals surface area contributed by atoms with Crippen molar-refractivity contribution in [2.75, 3.05) is 0 Å². The van der Waals surface area contributed by atoms with E-state index in [1.165, 1.54) is 0 Å². The van der Waals surface area contributed by atoms with Crippen LogP contribution in [0.5, 0.6) is 0 Å². The SMILES string of the molecule is CC(C)C(O)(c1ccccc1-c1ccccc1)C(C)C. The van der Waals surface area contributed by atoms with Crippen LogP contribution in [0.2, 0.25) is 0 Å². The first kappa shape index (κ1) is 14.8. The Balaban J connectivity index is 2.64. The summed E-state index contributed by atoms with van der Waals surface area (Å²) >= 11 is 0. The number of aliphatic hydroxyl groups is 1. The first-order valence-electron chi connectivity index (χ1n) is 7.35. The van der Waals surface area contributed by atoms with Gasteiger partial charge in [0.2, 0.25) is 0 Å². The summed E-state index contributed by atoms with van der Waals surface area (Å²) in [6, 6.07) is 18.5. The largest absolute Gasteiger partial charge is 0.385 e. The highest BCUT2D eigenvalue weighted by Crippen LogP contribution is 2.41. The fraction of sp³-hybridized carbons (Fsp3) is 0.368. The van der Waals surface area contributed by atoms with Crippen LogP contribution in [0.4, 0.5) is 0 Å². The maximum absolute atomic E-state index is 11.3. The summed E-state index contributed by atoms with van der Waals surface area (Å²) < 4.78 is 0. The Hall–Kier alpha value is -1.60. The number of benzene rings is 2. The van der Waals surface area contributed by atoms with Gasteiger partial charge in [0.15, 0.2) is 0 Å². The van der Waals surface area contributed by atoms with Crippen LogP contribution in [-0.4, -0.2) is 5.11 Å². The van der Waals surface area contributed by atoms with Gasteiger partial charge in [-0.05, 0) is 28.5 Å². The van der Waals surface area contributed by atoms with Crippen molar-refractivity contribution in [3.8, 4) is 11.1 Å². The van der Waals surface area contributed by atoms with Crippen LogP contribution in [0.3, 0.4) is 0 Å². The van der Waals surface area contributed by atoms with E-state index in [1.807, 2.05) is 30.3 Å². The summed E-state index contributed by atoms with van der Waals surface area (Å²) in [4.78, 5) is 0. The second kappa shape index (κ2) is 5.80. The standard InChI is InChI=1S/C19H24O/c1-14(2)19(20,15(3)4)18-13-9-8-12-17(18)16-10-6-5-7-11-16/h5-15,20H,1-4H3. The van der Waals surface area contributed by atoms with Gasteiger partial charge < -0.3 is 5.11 Å². The van der Waals surface area contributed by atoms with Crippen molar-refractivity contribution in [1.29, 1.82) is 0 Å². The Morgan fingerprint density at radius 1 is 0.750 bits per heavy atom. The minimum Gasteiger partial charge on any atom is -0.385 e. The van der Waals surface area contributed by atoms with Crippen LogP contribution < -0.4 is 0 Å². The summed E-state index contributed by atoms with van der Waals surface area (Å²) in [6.45, 7) is 8.34. The average molecular weight is 268 g/mol. The predicted octanol–water partition coefficient (Wildman–Crippen LogP) is 4.85. The van der Waals surface area contributed by atoms with Gasteiger partial charge in [0.1, 0.15) is 0 Å². The molecule has 106 valence electrons. The fourth-order valence-corrected chi connectivity index (χ4v) is 2.99. The third-order valence-corrected chi connectivity index (χ3v) is 4.20. The van der Waals surface area contributed by atoms with E-state index in [9.17, 15) is 5.11 Å². The van der Waals surface area contributed by atoms with Gasteiger partial charge in [0.25, 0.3) is 0 Å². The van der Waals surface area contributed by atoms with Gasteiger partial charge in [0, 0.05) is 0 Å². The maximum Gasteiger partial charge on any atom is 0.0947 e. The van der Waals surface area contributed by atoms with E-state index in [0.29, 0.717) is 0 Å². The normalized spacial score (nSPS) is 12.2. The zero-order chi connectivity index (χ0) is 14.8. The topological polar surface area (TPSA) is 20.2 Å². The zero-order valence-corrected chi connectivity index (χ0v) is 12.8. The lowest BCUT2D eigenvalue weighted by Crippen LogP contribution is -2.38. The van der Waals surface area contributed by atoms with Crippen molar-refractivity contribution in [3.05, 3.63) is 60.2 Å². The molecule has 1 nitrogen and oxygen atoms in total. The van der Waals surface area contributed by atoms with E-state index in [4.69, 9.17) is 0 Å².